The molecule has 0 aliphatic heterocycles. The smallest absolute Gasteiger partial charge is 0.419 e. The third-order valence-corrected chi connectivity index (χ3v) is 3.06. The van der Waals surface area contributed by atoms with Crippen LogP contribution >= 0.6 is 0 Å². The van der Waals surface area contributed by atoms with Gasteiger partial charge in [0.1, 0.15) is 11.2 Å². The van der Waals surface area contributed by atoms with Gasteiger partial charge in [-0.3, -0.25) is 0 Å². The van der Waals surface area contributed by atoms with Crippen LogP contribution < -0.4 is 4.90 Å². The Morgan fingerprint density at radius 2 is 1.42 bits per heavy atom. The highest BCUT2D eigenvalue weighted by Gasteiger charge is 2.31. The number of carbonyl (C=O) groups excluding carboxylic acids is 2. The summed E-state index contributed by atoms with van der Waals surface area (Å²) in [5.41, 5.74) is -0.622. The molecule has 0 unspecified atom stereocenters. The zero-order valence-electron chi connectivity index (χ0n) is 17.0. The van der Waals surface area contributed by atoms with Crippen molar-refractivity contribution < 1.29 is 19.1 Å². The molecule has 0 fully saturated rings. The molecule has 0 saturated heterocycles. The number of nitrogens with zero attached hydrogens (tertiary/aromatic N) is 4. The first-order chi connectivity index (χ1) is 11.8. The first kappa shape index (κ1) is 21.7. The number of hydrogen-bond acceptors (Lipinski definition) is 7. The zero-order chi connectivity index (χ0) is 20.1. The average molecular weight is 366 g/mol. The van der Waals surface area contributed by atoms with Gasteiger partial charge in [0.2, 0.25) is 0 Å². The molecule has 1 rings (SSSR count). The molecule has 1 aromatic heterocycles. The van der Waals surface area contributed by atoms with Gasteiger partial charge in [-0.15, -0.1) is 5.10 Å². The van der Waals surface area contributed by atoms with Crippen molar-refractivity contribution in [1.29, 1.82) is 0 Å². The van der Waals surface area contributed by atoms with E-state index < -0.39 is 23.4 Å². The molecule has 0 aromatic carbocycles. The fraction of sp³-hybridized carbons (Fsp3) is 0.667. The van der Waals surface area contributed by atoms with Crippen LogP contribution in [0.5, 0.6) is 0 Å². The molecular weight excluding hydrogens is 336 g/mol. The van der Waals surface area contributed by atoms with Crippen molar-refractivity contribution in [2.24, 2.45) is 0 Å². The molecule has 0 bridgehead atoms. The minimum absolute atomic E-state index is 0.0931. The van der Waals surface area contributed by atoms with E-state index in [4.69, 9.17) is 9.47 Å². The number of ether oxygens (including phenoxy) is 2. The first-order valence-corrected chi connectivity index (χ1v) is 8.53. The molecule has 0 aliphatic carbocycles. The quantitative estimate of drug-likeness (QED) is 0.807. The van der Waals surface area contributed by atoms with Gasteiger partial charge >= 0.3 is 12.2 Å². The van der Waals surface area contributed by atoms with Crippen LogP contribution in [0, 0.1) is 6.92 Å². The van der Waals surface area contributed by atoms with E-state index in [1.54, 1.807) is 46.4 Å². The number of rotatable bonds is 4. The van der Waals surface area contributed by atoms with Crippen LogP contribution in [0.2, 0.25) is 0 Å². The molecule has 0 atom stereocenters. The van der Waals surface area contributed by atoms with E-state index in [1.807, 2.05) is 26.1 Å². The highest BCUT2D eigenvalue weighted by atomic mass is 16.6. The summed E-state index contributed by atoms with van der Waals surface area (Å²) >= 11 is 0. The molecule has 1 heterocycles. The second-order valence-electron chi connectivity index (χ2n) is 8.07. The fourth-order valence-electron chi connectivity index (χ4n) is 1.85. The van der Waals surface area contributed by atoms with Gasteiger partial charge in [-0.2, -0.15) is 5.10 Å². The van der Waals surface area contributed by atoms with Crippen LogP contribution in [0.4, 0.5) is 15.4 Å². The lowest BCUT2D eigenvalue weighted by Crippen LogP contribution is -2.46. The zero-order valence-corrected chi connectivity index (χ0v) is 17.0. The Morgan fingerprint density at radius 1 is 0.923 bits per heavy atom. The second kappa shape index (κ2) is 8.33. The lowest BCUT2D eigenvalue weighted by molar-refractivity contribution is 0.00205. The number of anilines is 1. The predicted molar refractivity (Wildman–Crippen MR) is 99.2 cm³/mol. The monoisotopic (exact) mass is 366 g/mol. The number of carbonyl (C=O) groups is 2. The summed E-state index contributed by atoms with van der Waals surface area (Å²) < 4.78 is 10.7. The summed E-state index contributed by atoms with van der Waals surface area (Å²) in [5, 5.41) is 8.10. The molecule has 8 heteroatoms. The SMILES string of the molecule is Cc1ccc(N(C)CCN(C(=O)OC(C)(C)C)C(=O)OC(C)(C)C)nn1. The van der Waals surface area contributed by atoms with Crippen LogP contribution in [-0.4, -0.2) is 58.6 Å². The van der Waals surface area contributed by atoms with E-state index in [9.17, 15) is 9.59 Å². The van der Waals surface area contributed by atoms with Crippen molar-refractivity contribution in [3.63, 3.8) is 0 Å². The number of likely N-dealkylation sites (N-methyl/N-ethyl adjacent to an activating group) is 1. The number of amides is 2. The first-order valence-electron chi connectivity index (χ1n) is 8.53. The Balaban J connectivity index is 2.85. The standard InChI is InChI=1S/C18H30N4O4/c1-13-9-10-14(20-19-13)21(8)11-12-22(15(23)25-17(2,3)4)16(24)26-18(5,6)7/h9-10H,11-12H2,1-8H3. The fourth-order valence-corrected chi connectivity index (χ4v) is 1.85. The van der Waals surface area contributed by atoms with Gasteiger partial charge in [0.15, 0.2) is 5.82 Å². The lowest BCUT2D eigenvalue weighted by Gasteiger charge is -2.29. The van der Waals surface area contributed by atoms with Gasteiger partial charge in [0.05, 0.1) is 12.2 Å². The summed E-state index contributed by atoms with van der Waals surface area (Å²) in [7, 11) is 1.81. The molecule has 2 amide bonds. The Labute approximate surface area is 155 Å². The lowest BCUT2D eigenvalue weighted by atomic mass is 10.2. The number of imide groups is 1. The van der Waals surface area contributed by atoms with Gasteiger partial charge in [-0.1, -0.05) is 0 Å². The summed E-state index contributed by atoms with van der Waals surface area (Å²) in [6.45, 7) is 12.8. The highest BCUT2D eigenvalue weighted by Crippen LogP contribution is 2.15. The Morgan fingerprint density at radius 3 is 1.81 bits per heavy atom. The maximum Gasteiger partial charge on any atom is 0.419 e. The Bertz CT molecular complexity index is 590. The largest absolute Gasteiger partial charge is 0.443 e. The minimum Gasteiger partial charge on any atom is -0.443 e. The van der Waals surface area contributed by atoms with Gasteiger partial charge in [0.25, 0.3) is 0 Å². The van der Waals surface area contributed by atoms with E-state index in [2.05, 4.69) is 10.2 Å². The van der Waals surface area contributed by atoms with Crippen LogP contribution in [0.15, 0.2) is 12.1 Å². The van der Waals surface area contributed by atoms with Crippen LogP contribution in [-0.2, 0) is 9.47 Å². The van der Waals surface area contributed by atoms with Gasteiger partial charge in [-0.05, 0) is 60.6 Å². The maximum absolute atomic E-state index is 12.4. The predicted octanol–water partition coefficient (Wildman–Crippen LogP) is 3.39. The second-order valence-corrected chi connectivity index (χ2v) is 8.07. The van der Waals surface area contributed by atoms with E-state index >= 15 is 0 Å². The molecule has 0 radical (unpaired) electrons. The topological polar surface area (TPSA) is 84.9 Å². The third kappa shape index (κ3) is 7.67. The number of aryl methyl sites for hydroxylation is 1. The third-order valence-electron chi connectivity index (χ3n) is 3.06. The van der Waals surface area contributed by atoms with Crippen molar-refractivity contribution in [3.8, 4) is 0 Å². The summed E-state index contributed by atoms with van der Waals surface area (Å²) in [5.74, 6) is 0.643. The molecule has 1 aromatic rings. The molecule has 146 valence electrons. The summed E-state index contributed by atoms with van der Waals surface area (Å²) in [4.78, 5) is 27.6. The van der Waals surface area contributed by atoms with Crippen LogP contribution in [0.25, 0.3) is 0 Å². The molecule has 26 heavy (non-hydrogen) atoms. The normalized spacial score (nSPS) is 11.7. The molecule has 0 spiro atoms. The van der Waals surface area contributed by atoms with E-state index in [0.29, 0.717) is 12.4 Å². The van der Waals surface area contributed by atoms with Gasteiger partial charge in [-0.25, -0.2) is 14.5 Å². The summed E-state index contributed by atoms with van der Waals surface area (Å²) in [6.07, 6.45) is -1.48. The van der Waals surface area contributed by atoms with Crippen LogP contribution in [0.1, 0.15) is 47.2 Å². The van der Waals surface area contributed by atoms with E-state index in [-0.39, 0.29) is 6.54 Å². The van der Waals surface area contributed by atoms with Crippen molar-refractivity contribution in [2.45, 2.75) is 59.7 Å². The minimum atomic E-state index is -0.741. The van der Waals surface area contributed by atoms with Crippen LogP contribution in [0.3, 0.4) is 0 Å². The van der Waals surface area contributed by atoms with Gasteiger partial charge in [0, 0.05) is 13.6 Å². The molecule has 0 aliphatic rings. The highest BCUT2D eigenvalue weighted by molar-refractivity contribution is 5.88. The van der Waals surface area contributed by atoms with Crippen molar-refractivity contribution >= 4 is 18.0 Å². The van der Waals surface area contributed by atoms with E-state index in [1.165, 1.54) is 0 Å². The van der Waals surface area contributed by atoms with Crippen molar-refractivity contribution in [2.75, 3.05) is 25.0 Å². The molecular formula is C18H30N4O4. The molecule has 0 N–H and O–H groups in total. The maximum atomic E-state index is 12.4. The average Bonchev–Trinajstić information content (AvgIpc) is 2.44. The number of aromatic nitrogens is 2. The number of hydrogen-bond donors (Lipinski definition) is 0. The van der Waals surface area contributed by atoms with Gasteiger partial charge < -0.3 is 14.4 Å². The Hall–Kier alpha value is -2.38. The van der Waals surface area contributed by atoms with Crippen molar-refractivity contribution in [3.05, 3.63) is 17.8 Å². The molecule has 8 nitrogen and oxygen atoms in total. The molecule has 0 saturated carbocycles. The summed E-state index contributed by atoms with van der Waals surface area (Å²) in [6, 6.07) is 3.67. The Kier molecular flexibility index (Phi) is 6.94. The van der Waals surface area contributed by atoms with E-state index in [0.717, 1.165) is 10.6 Å². The van der Waals surface area contributed by atoms with Crippen molar-refractivity contribution in [1.82, 2.24) is 15.1 Å².